The minimum absolute atomic E-state index is 0.733. The second-order valence-electron chi connectivity index (χ2n) is 5.73. The molecule has 1 N–H and O–H groups in total. The summed E-state index contributed by atoms with van der Waals surface area (Å²) in [5.41, 5.74) is 1.48. The highest BCUT2D eigenvalue weighted by Gasteiger charge is 2.27. The molecule has 2 saturated heterocycles. The zero-order chi connectivity index (χ0) is 13.1. The van der Waals surface area contributed by atoms with Crippen molar-refractivity contribution in [2.24, 2.45) is 0 Å². The van der Waals surface area contributed by atoms with Crippen molar-refractivity contribution in [2.45, 2.75) is 31.2 Å². The molecular formula is C16H24N2O. The molecule has 3 nitrogen and oxygen atoms in total. The molecule has 19 heavy (non-hydrogen) atoms. The van der Waals surface area contributed by atoms with Crippen LogP contribution in [0.5, 0.6) is 5.75 Å². The SMILES string of the molecule is COc1ccc(C2CCN(C3CCNC3)CC2)cc1. The summed E-state index contributed by atoms with van der Waals surface area (Å²) in [5.74, 6) is 1.69. The van der Waals surface area contributed by atoms with Crippen molar-refractivity contribution < 1.29 is 4.74 Å². The molecule has 1 atom stereocenters. The highest BCUT2D eigenvalue weighted by Crippen LogP contribution is 2.30. The molecule has 1 unspecified atom stereocenters. The third-order valence-corrected chi connectivity index (χ3v) is 4.67. The van der Waals surface area contributed by atoms with Gasteiger partial charge in [0.25, 0.3) is 0 Å². The lowest BCUT2D eigenvalue weighted by atomic mass is 9.89. The van der Waals surface area contributed by atoms with Crippen LogP contribution in [0.1, 0.15) is 30.7 Å². The van der Waals surface area contributed by atoms with Gasteiger partial charge in [-0.15, -0.1) is 0 Å². The Balaban J connectivity index is 1.56. The highest BCUT2D eigenvalue weighted by atomic mass is 16.5. The summed E-state index contributed by atoms with van der Waals surface area (Å²) >= 11 is 0. The number of nitrogens with one attached hydrogen (secondary N) is 1. The van der Waals surface area contributed by atoms with Crippen LogP contribution in [0.15, 0.2) is 24.3 Å². The quantitative estimate of drug-likeness (QED) is 0.902. The molecule has 0 aromatic heterocycles. The molecular weight excluding hydrogens is 236 g/mol. The van der Waals surface area contributed by atoms with E-state index in [4.69, 9.17) is 4.74 Å². The summed E-state index contributed by atoms with van der Waals surface area (Å²) in [4.78, 5) is 2.68. The Morgan fingerprint density at radius 3 is 2.42 bits per heavy atom. The van der Waals surface area contributed by atoms with Crippen molar-refractivity contribution in [3.8, 4) is 5.75 Å². The van der Waals surface area contributed by atoms with E-state index in [1.807, 2.05) is 0 Å². The predicted octanol–water partition coefficient (Wildman–Crippen LogP) is 2.24. The van der Waals surface area contributed by atoms with Crippen LogP contribution in [0, 0.1) is 0 Å². The Hall–Kier alpha value is -1.06. The molecule has 104 valence electrons. The first-order chi connectivity index (χ1) is 9.36. The van der Waals surface area contributed by atoms with Gasteiger partial charge in [0, 0.05) is 12.6 Å². The molecule has 0 bridgehead atoms. The Kier molecular flexibility index (Phi) is 4.04. The Morgan fingerprint density at radius 2 is 1.84 bits per heavy atom. The molecule has 2 aliphatic rings. The minimum atomic E-state index is 0.733. The lowest BCUT2D eigenvalue weighted by Crippen LogP contribution is -2.42. The third-order valence-electron chi connectivity index (χ3n) is 4.67. The molecule has 3 rings (SSSR count). The number of hydrogen-bond donors (Lipinski definition) is 1. The van der Waals surface area contributed by atoms with E-state index in [0.717, 1.165) is 17.7 Å². The maximum absolute atomic E-state index is 5.23. The van der Waals surface area contributed by atoms with Gasteiger partial charge in [0.1, 0.15) is 5.75 Å². The van der Waals surface area contributed by atoms with Crippen LogP contribution >= 0.6 is 0 Å². The van der Waals surface area contributed by atoms with Gasteiger partial charge >= 0.3 is 0 Å². The normalized spacial score (nSPS) is 25.6. The molecule has 2 heterocycles. The molecule has 2 fully saturated rings. The zero-order valence-electron chi connectivity index (χ0n) is 11.8. The molecule has 1 aromatic rings. The fourth-order valence-corrected chi connectivity index (χ4v) is 3.43. The van der Waals surface area contributed by atoms with E-state index in [2.05, 4.69) is 34.5 Å². The van der Waals surface area contributed by atoms with Gasteiger partial charge < -0.3 is 10.1 Å². The van der Waals surface area contributed by atoms with Gasteiger partial charge in [-0.1, -0.05) is 12.1 Å². The smallest absolute Gasteiger partial charge is 0.118 e. The van der Waals surface area contributed by atoms with Crippen LogP contribution in [-0.2, 0) is 0 Å². The summed E-state index contributed by atoms with van der Waals surface area (Å²) in [5, 5.41) is 3.47. The van der Waals surface area contributed by atoms with Crippen molar-refractivity contribution >= 4 is 0 Å². The molecule has 1 aromatic carbocycles. The lowest BCUT2D eigenvalue weighted by Gasteiger charge is -2.35. The van der Waals surface area contributed by atoms with Crippen molar-refractivity contribution in [2.75, 3.05) is 33.3 Å². The van der Waals surface area contributed by atoms with E-state index in [9.17, 15) is 0 Å². The minimum Gasteiger partial charge on any atom is -0.497 e. The molecule has 0 radical (unpaired) electrons. The summed E-state index contributed by atoms with van der Waals surface area (Å²) < 4.78 is 5.23. The van der Waals surface area contributed by atoms with Gasteiger partial charge in [-0.05, 0) is 62.5 Å². The van der Waals surface area contributed by atoms with Crippen LogP contribution in [0.25, 0.3) is 0 Å². The summed E-state index contributed by atoms with van der Waals surface area (Å²) in [6.07, 6.45) is 3.92. The first-order valence-electron chi connectivity index (χ1n) is 7.45. The summed E-state index contributed by atoms with van der Waals surface area (Å²) in [6.45, 7) is 4.89. The number of rotatable bonds is 3. The standard InChI is InChI=1S/C16H24N2O/c1-19-16-4-2-13(3-5-16)14-7-10-18(11-8-14)15-6-9-17-12-15/h2-5,14-15,17H,6-12H2,1H3. The third kappa shape index (κ3) is 2.93. The van der Waals surface area contributed by atoms with Crippen LogP contribution in [0.4, 0.5) is 0 Å². The Bertz CT molecular complexity index is 390. The highest BCUT2D eigenvalue weighted by molar-refractivity contribution is 5.29. The van der Waals surface area contributed by atoms with Gasteiger partial charge in [-0.2, -0.15) is 0 Å². The largest absolute Gasteiger partial charge is 0.497 e. The molecule has 2 aliphatic heterocycles. The average Bonchev–Trinajstić information content (AvgIpc) is 3.02. The van der Waals surface area contributed by atoms with Gasteiger partial charge in [0.15, 0.2) is 0 Å². The second-order valence-corrected chi connectivity index (χ2v) is 5.73. The number of methoxy groups -OCH3 is 1. The Morgan fingerprint density at radius 1 is 1.11 bits per heavy atom. The number of ether oxygens (including phenoxy) is 1. The maximum atomic E-state index is 5.23. The number of hydrogen-bond acceptors (Lipinski definition) is 3. The van der Waals surface area contributed by atoms with Gasteiger partial charge in [-0.3, -0.25) is 4.90 Å². The van der Waals surface area contributed by atoms with Crippen LogP contribution in [-0.4, -0.2) is 44.2 Å². The molecule has 0 amide bonds. The van der Waals surface area contributed by atoms with E-state index < -0.39 is 0 Å². The van der Waals surface area contributed by atoms with Crippen molar-refractivity contribution in [3.63, 3.8) is 0 Å². The first-order valence-corrected chi connectivity index (χ1v) is 7.45. The molecule has 0 saturated carbocycles. The number of nitrogens with zero attached hydrogens (tertiary/aromatic N) is 1. The number of likely N-dealkylation sites (tertiary alicyclic amines) is 1. The van der Waals surface area contributed by atoms with E-state index in [1.165, 1.54) is 51.0 Å². The van der Waals surface area contributed by atoms with E-state index >= 15 is 0 Å². The fourth-order valence-electron chi connectivity index (χ4n) is 3.43. The van der Waals surface area contributed by atoms with E-state index in [1.54, 1.807) is 7.11 Å². The second kappa shape index (κ2) is 5.93. The lowest BCUT2D eigenvalue weighted by molar-refractivity contribution is 0.161. The molecule has 0 spiro atoms. The predicted molar refractivity (Wildman–Crippen MR) is 77.8 cm³/mol. The van der Waals surface area contributed by atoms with E-state index in [0.29, 0.717) is 0 Å². The van der Waals surface area contributed by atoms with Crippen molar-refractivity contribution in [1.29, 1.82) is 0 Å². The molecule has 3 heteroatoms. The maximum Gasteiger partial charge on any atom is 0.118 e. The van der Waals surface area contributed by atoms with Gasteiger partial charge in [-0.25, -0.2) is 0 Å². The van der Waals surface area contributed by atoms with E-state index in [-0.39, 0.29) is 0 Å². The van der Waals surface area contributed by atoms with Gasteiger partial charge in [0.2, 0.25) is 0 Å². The summed E-state index contributed by atoms with van der Waals surface area (Å²) in [7, 11) is 1.73. The zero-order valence-corrected chi connectivity index (χ0v) is 11.8. The van der Waals surface area contributed by atoms with Crippen LogP contribution in [0.2, 0.25) is 0 Å². The molecule has 0 aliphatic carbocycles. The van der Waals surface area contributed by atoms with Crippen LogP contribution < -0.4 is 10.1 Å². The van der Waals surface area contributed by atoms with Gasteiger partial charge in [0.05, 0.1) is 7.11 Å². The fraction of sp³-hybridized carbons (Fsp3) is 0.625. The number of piperidine rings is 1. The monoisotopic (exact) mass is 260 g/mol. The average molecular weight is 260 g/mol. The van der Waals surface area contributed by atoms with Crippen molar-refractivity contribution in [1.82, 2.24) is 10.2 Å². The Labute approximate surface area is 115 Å². The van der Waals surface area contributed by atoms with Crippen molar-refractivity contribution in [3.05, 3.63) is 29.8 Å². The van der Waals surface area contributed by atoms with Crippen LogP contribution in [0.3, 0.4) is 0 Å². The topological polar surface area (TPSA) is 24.5 Å². The summed E-state index contributed by atoms with van der Waals surface area (Å²) in [6, 6.07) is 9.43. The number of benzene rings is 1. The first kappa shape index (κ1) is 12.9.